The molecule has 5 rings (SSSR count). The molecule has 4 heterocycles. The molecule has 0 radical (unpaired) electrons. The van der Waals surface area contributed by atoms with E-state index in [1.165, 1.54) is 6.20 Å². The lowest BCUT2D eigenvalue weighted by Crippen LogP contribution is -2.29. The first kappa shape index (κ1) is 17.3. The number of nitrogen functional groups attached to an aromatic ring is 1. The highest BCUT2D eigenvalue weighted by atomic mass is 16.3. The number of nitrogens with zero attached hydrogens (tertiary/aromatic N) is 7. The van der Waals surface area contributed by atoms with Gasteiger partial charge in [0.15, 0.2) is 0 Å². The van der Waals surface area contributed by atoms with Crippen molar-refractivity contribution < 1.29 is 5.11 Å². The molecular weight excluding hydrogens is 368 g/mol. The van der Waals surface area contributed by atoms with E-state index in [4.69, 9.17) is 11.0 Å². The first-order valence-electron chi connectivity index (χ1n) is 9.33. The van der Waals surface area contributed by atoms with Gasteiger partial charge in [0, 0.05) is 24.1 Å². The van der Waals surface area contributed by atoms with Crippen LogP contribution in [0.2, 0.25) is 0 Å². The minimum absolute atomic E-state index is 0.220. The number of pyridine rings is 1. The van der Waals surface area contributed by atoms with Crippen LogP contribution < -0.4 is 5.73 Å². The summed E-state index contributed by atoms with van der Waals surface area (Å²) >= 11 is 0. The summed E-state index contributed by atoms with van der Waals surface area (Å²) in [6.07, 6.45) is 6.91. The molecule has 4 aromatic heterocycles. The first-order valence-corrected chi connectivity index (χ1v) is 9.33. The number of aliphatic hydroxyl groups excluding tert-OH is 1. The molecule has 0 saturated heterocycles. The summed E-state index contributed by atoms with van der Waals surface area (Å²) in [5.41, 5.74) is 11.0. The van der Waals surface area contributed by atoms with Crippen LogP contribution in [0.1, 0.15) is 24.4 Å². The van der Waals surface area contributed by atoms with Crippen molar-refractivity contribution in [2.24, 2.45) is 5.92 Å². The van der Waals surface area contributed by atoms with Crippen LogP contribution in [-0.4, -0.2) is 41.3 Å². The lowest BCUT2D eigenvalue weighted by atomic mass is 9.81. The van der Waals surface area contributed by atoms with Crippen molar-refractivity contribution >= 4 is 11.2 Å². The van der Waals surface area contributed by atoms with Gasteiger partial charge in [-0.3, -0.25) is 4.98 Å². The molecule has 0 spiro atoms. The van der Waals surface area contributed by atoms with Gasteiger partial charge in [0.1, 0.15) is 11.8 Å². The molecule has 0 aromatic carbocycles. The lowest BCUT2D eigenvalue weighted by molar-refractivity contribution is 0.104. The Hall–Kier alpha value is -3.77. The van der Waals surface area contributed by atoms with Gasteiger partial charge in [0.05, 0.1) is 40.9 Å². The maximum Gasteiger partial charge on any atom is 0.116 e. The Morgan fingerprint density at radius 3 is 2.83 bits per heavy atom. The molecular formula is C20H18N8O. The number of rotatable bonds is 4. The number of anilines is 1. The van der Waals surface area contributed by atoms with E-state index in [2.05, 4.69) is 26.5 Å². The van der Waals surface area contributed by atoms with E-state index >= 15 is 0 Å². The second kappa shape index (κ2) is 6.68. The van der Waals surface area contributed by atoms with Gasteiger partial charge in [-0.25, -0.2) is 9.20 Å². The topological polar surface area (TPSA) is 131 Å². The van der Waals surface area contributed by atoms with Crippen molar-refractivity contribution in [3.05, 3.63) is 48.4 Å². The van der Waals surface area contributed by atoms with Crippen LogP contribution in [0.4, 0.5) is 5.69 Å². The monoisotopic (exact) mass is 386 g/mol. The maximum absolute atomic E-state index is 9.18. The molecule has 9 nitrogen and oxygen atoms in total. The van der Waals surface area contributed by atoms with E-state index in [0.29, 0.717) is 28.6 Å². The number of fused-ring (bicyclic) bond motifs is 1. The fourth-order valence-electron chi connectivity index (χ4n) is 3.72. The van der Waals surface area contributed by atoms with Crippen LogP contribution in [0.15, 0.2) is 42.9 Å². The lowest BCUT2D eigenvalue weighted by Gasteiger charge is -2.33. The molecule has 144 valence electrons. The average Bonchev–Trinajstić information content (AvgIpc) is 3.34. The van der Waals surface area contributed by atoms with Gasteiger partial charge in [-0.2, -0.15) is 10.4 Å². The molecule has 3 N–H and O–H groups in total. The fraction of sp³-hybridized carbons (Fsp3) is 0.250. The Labute approximate surface area is 166 Å². The second-order valence-electron chi connectivity index (χ2n) is 7.33. The molecule has 0 aliphatic heterocycles. The molecule has 4 aromatic rings. The van der Waals surface area contributed by atoms with Crippen molar-refractivity contribution in [3.63, 3.8) is 0 Å². The van der Waals surface area contributed by atoms with Crippen molar-refractivity contribution in [2.75, 3.05) is 12.3 Å². The molecule has 29 heavy (non-hydrogen) atoms. The predicted octanol–water partition coefficient (Wildman–Crippen LogP) is 2.05. The number of aliphatic hydroxyl groups is 1. The van der Waals surface area contributed by atoms with Crippen molar-refractivity contribution in [1.82, 2.24) is 29.6 Å². The normalized spacial score (nSPS) is 18.5. The summed E-state index contributed by atoms with van der Waals surface area (Å²) in [6, 6.07) is 9.72. The fourth-order valence-corrected chi connectivity index (χ4v) is 3.72. The third-order valence-electron chi connectivity index (χ3n) is 5.46. The van der Waals surface area contributed by atoms with E-state index in [-0.39, 0.29) is 12.6 Å². The van der Waals surface area contributed by atoms with Crippen LogP contribution in [0.25, 0.3) is 28.2 Å². The molecule has 9 heteroatoms. The Kier molecular flexibility index (Phi) is 4.00. The van der Waals surface area contributed by atoms with Crippen molar-refractivity contribution in [3.8, 4) is 28.7 Å². The highest BCUT2D eigenvalue weighted by Crippen LogP contribution is 2.37. The Morgan fingerprint density at radius 1 is 1.21 bits per heavy atom. The molecule has 0 atom stereocenters. The minimum atomic E-state index is 0.220. The maximum atomic E-state index is 9.18. The third-order valence-corrected chi connectivity index (χ3v) is 5.46. The minimum Gasteiger partial charge on any atom is -0.398 e. The largest absolute Gasteiger partial charge is 0.398 e. The second-order valence-corrected chi connectivity index (χ2v) is 7.33. The number of nitriles is 1. The Morgan fingerprint density at radius 2 is 2.07 bits per heavy atom. The van der Waals surface area contributed by atoms with Gasteiger partial charge in [0.2, 0.25) is 0 Å². The van der Waals surface area contributed by atoms with Gasteiger partial charge in [-0.15, -0.1) is 5.10 Å². The molecule has 0 amide bonds. The summed E-state index contributed by atoms with van der Waals surface area (Å²) in [5, 5.41) is 31.0. The first-order chi connectivity index (χ1) is 14.2. The van der Waals surface area contributed by atoms with E-state index in [1.54, 1.807) is 22.8 Å². The van der Waals surface area contributed by atoms with Gasteiger partial charge < -0.3 is 10.8 Å². The third kappa shape index (κ3) is 2.90. The zero-order chi connectivity index (χ0) is 20.0. The zero-order valence-electron chi connectivity index (χ0n) is 15.5. The van der Waals surface area contributed by atoms with E-state index in [0.717, 1.165) is 29.6 Å². The quantitative estimate of drug-likeness (QED) is 0.549. The number of hydrogen-bond acceptors (Lipinski definition) is 7. The zero-order valence-corrected chi connectivity index (χ0v) is 15.5. The number of hydrogen-bond donors (Lipinski definition) is 2. The summed E-state index contributed by atoms with van der Waals surface area (Å²) in [7, 11) is 0. The van der Waals surface area contributed by atoms with Gasteiger partial charge in [-0.1, -0.05) is 5.21 Å². The predicted molar refractivity (Wildman–Crippen MR) is 105 cm³/mol. The van der Waals surface area contributed by atoms with E-state index < -0.39 is 0 Å². The molecule has 0 bridgehead atoms. The smallest absolute Gasteiger partial charge is 0.116 e. The van der Waals surface area contributed by atoms with Crippen LogP contribution >= 0.6 is 0 Å². The van der Waals surface area contributed by atoms with Crippen LogP contribution in [0.3, 0.4) is 0 Å². The molecule has 0 unspecified atom stereocenters. The van der Waals surface area contributed by atoms with Crippen LogP contribution in [-0.2, 0) is 0 Å². The van der Waals surface area contributed by atoms with Crippen molar-refractivity contribution in [2.45, 2.75) is 18.9 Å². The molecule has 1 aliphatic rings. The van der Waals surface area contributed by atoms with Gasteiger partial charge in [0.25, 0.3) is 0 Å². The van der Waals surface area contributed by atoms with E-state index in [9.17, 15) is 5.11 Å². The Bertz CT molecular complexity index is 1250. The SMILES string of the molecule is N#Cc1cnn2c(-c3cc(N)c(-c4cn(C5CC(CO)C5)nn4)cn3)ccc2c1. The Balaban J connectivity index is 1.44. The summed E-state index contributed by atoms with van der Waals surface area (Å²) in [5.74, 6) is 0.355. The van der Waals surface area contributed by atoms with Crippen molar-refractivity contribution in [1.29, 1.82) is 5.26 Å². The molecule has 1 fully saturated rings. The summed E-state index contributed by atoms with van der Waals surface area (Å²) in [6.45, 7) is 0.220. The highest BCUT2D eigenvalue weighted by molar-refractivity contribution is 5.77. The average molecular weight is 386 g/mol. The number of aromatic nitrogens is 6. The van der Waals surface area contributed by atoms with E-state index in [1.807, 2.05) is 23.0 Å². The van der Waals surface area contributed by atoms with Crippen LogP contribution in [0.5, 0.6) is 0 Å². The molecule has 1 aliphatic carbocycles. The molecule has 1 saturated carbocycles. The highest BCUT2D eigenvalue weighted by Gasteiger charge is 2.30. The van der Waals surface area contributed by atoms with Crippen LogP contribution in [0, 0.1) is 17.2 Å². The summed E-state index contributed by atoms with van der Waals surface area (Å²) < 4.78 is 3.57. The number of nitrogens with two attached hydrogens (primary N) is 1. The van der Waals surface area contributed by atoms with Gasteiger partial charge in [-0.05, 0) is 43.0 Å². The standard InChI is InChI=1S/C20H18N8O/c21-7-13-5-14-1-2-20(28(14)24-8-13)18-6-17(22)16(9-23-18)19-10-27(26-25-19)15-3-12(4-15)11-29/h1-2,5-6,8-10,12,15,29H,3-4,11H2,(H2,22,23). The summed E-state index contributed by atoms with van der Waals surface area (Å²) in [4.78, 5) is 4.55. The van der Waals surface area contributed by atoms with Gasteiger partial charge >= 0.3 is 0 Å².